The Balaban J connectivity index is 1.91. The topological polar surface area (TPSA) is 46.3 Å². The molecule has 2 unspecified atom stereocenters. The average Bonchev–Trinajstić information content (AvgIpc) is 3.15. The highest BCUT2D eigenvalue weighted by Crippen LogP contribution is 2.44. The predicted molar refractivity (Wildman–Crippen MR) is 84.9 cm³/mol. The van der Waals surface area contributed by atoms with E-state index in [0.29, 0.717) is 12.5 Å². The zero-order valence-electron chi connectivity index (χ0n) is 13.2. The van der Waals surface area contributed by atoms with Gasteiger partial charge in [0.25, 0.3) is 0 Å². The smallest absolute Gasteiger partial charge is 0.233 e. The maximum atomic E-state index is 13.3. The van der Waals surface area contributed by atoms with Gasteiger partial charge in [0.15, 0.2) is 0 Å². The van der Waals surface area contributed by atoms with Crippen LogP contribution in [0.25, 0.3) is 0 Å². The molecule has 2 aliphatic rings. The number of halogens is 1. The molecule has 1 aliphatic carbocycles. The van der Waals surface area contributed by atoms with Crippen LogP contribution in [0.15, 0.2) is 24.3 Å². The largest absolute Gasteiger partial charge is 0.339 e. The lowest BCUT2D eigenvalue weighted by Gasteiger charge is -2.35. The van der Waals surface area contributed by atoms with Crippen LogP contribution in [-0.4, -0.2) is 29.9 Å². The Labute approximate surface area is 131 Å². The standard InChI is InChI=1S/C18H25FN2O/c1-13-10-14(11-20)12-21(13)17(22)18(8-2-3-9-18)15-4-6-16(19)7-5-15/h4-7,13-14H,2-3,8-12,20H2,1H3. The van der Waals surface area contributed by atoms with E-state index in [4.69, 9.17) is 5.73 Å². The van der Waals surface area contributed by atoms with Crippen LogP contribution in [0.5, 0.6) is 0 Å². The summed E-state index contributed by atoms with van der Waals surface area (Å²) in [4.78, 5) is 15.3. The highest BCUT2D eigenvalue weighted by Gasteiger charge is 2.47. The Kier molecular flexibility index (Phi) is 4.22. The molecule has 3 nitrogen and oxygen atoms in total. The fraction of sp³-hybridized carbons (Fsp3) is 0.611. The van der Waals surface area contributed by atoms with Crippen molar-refractivity contribution < 1.29 is 9.18 Å². The van der Waals surface area contributed by atoms with Gasteiger partial charge in [-0.2, -0.15) is 0 Å². The van der Waals surface area contributed by atoms with Gasteiger partial charge in [0.05, 0.1) is 5.41 Å². The van der Waals surface area contributed by atoms with E-state index in [1.165, 1.54) is 12.1 Å². The lowest BCUT2D eigenvalue weighted by Crippen LogP contribution is -2.47. The number of hydrogen-bond donors (Lipinski definition) is 1. The van der Waals surface area contributed by atoms with Crippen LogP contribution in [0.1, 0.15) is 44.6 Å². The number of nitrogens with two attached hydrogens (primary N) is 1. The molecule has 3 rings (SSSR count). The number of nitrogens with zero attached hydrogens (tertiary/aromatic N) is 1. The van der Waals surface area contributed by atoms with Gasteiger partial charge in [-0.3, -0.25) is 4.79 Å². The van der Waals surface area contributed by atoms with E-state index in [0.717, 1.165) is 44.2 Å². The van der Waals surface area contributed by atoms with Crippen LogP contribution < -0.4 is 5.73 Å². The van der Waals surface area contributed by atoms with Gasteiger partial charge in [-0.1, -0.05) is 25.0 Å². The lowest BCUT2D eigenvalue weighted by molar-refractivity contribution is -0.138. The maximum absolute atomic E-state index is 13.3. The molecule has 1 aromatic carbocycles. The lowest BCUT2D eigenvalue weighted by atomic mass is 9.77. The third-order valence-corrected chi connectivity index (χ3v) is 5.52. The number of benzene rings is 1. The molecule has 0 aromatic heterocycles. The van der Waals surface area contributed by atoms with Crippen molar-refractivity contribution in [2.24, 2.45) is 11.7 Å². The highest BCUT2D eigenvalue weighted by molar-refractivity contribution is 5.89. The summed E-state index contributed by atoms with van der Waals surface area (Å²) in [5.74, 6) is 0.382. The number of rotatable bonds is 3. The molecule has 1 amide bonds. The Hall–Kier alpha value is -1.42. The number of hydrogen-bond acceptors (Lipinski definition) is 2. The fourth-order valence-corrected chi connectivity index (χ4v) is 4.24. The Morgan fingerprint density at radius 1 is 1.32 bits per heavy atom. The van der Waals surface area contributed by atoms with Crippen molar-refractivity contribution in [3.63, 3.8) is 0 Å². The number of likely N-dealkylation sites (tertiary alicyclic amines) is 1. The van der Waals surface area contributed by atoms with Gasteiger partial charge in [0.2, 0.25) is 5.91 Å². The number of carbonyl (C=O) groups excluding carboxylic acids is 1. The molecule has 1 saturated heterocycles. The van der Waals surface area contributed by atoms with Crippen LogP contribution in [0.2, 0.25) is 0 Å². The zero-order chi connectivity index (χ0) is 15.7. The minimum atomic E-state index is -0.453. The van der Waals surface area contributed by atoms with Crippen LogP contribution in [-0.2, 0) is 10.2 Å². The van der Waals surface area contributed by atoms with Crippen LogP contribution in [0.4, 0.5) is 4.39 Å². The summed E-state index contributed by atoms with van der Waals surface area (Å²) in [6, 6.07) is 6.77. The summed E-state index contributed by atoms with van der Waals surface area (Å²) in [6.07, 6.45) is 4.85. The van der Waals surface area contributed by atoms with Crippen molar-refractivity contribution in [1.29, 1.82) is 0 Å². The normalized spacial score (nSPS) is 27.3. The van der Waals surface area contributed by atoms with E-state index in [1.54, 1.807) is 12.1 Å². The summed E-state index contributed by atoms with van der Waals surface area (Å²) < 4.78 is 13.3. The molecular formula is C18H25FN2O. The zero-order valence-corrected chi connectivity index (χ0v) is 13.2. The first-order chi connectivity index (χ1) is 10.6. The molecule has 120 valence electrons. The number of carbonyl (C=O) groups is 1. The molecule has 1 saturated carbocycles. The summed E-state index contributed by atoms with van der Waals surface area (Å²) in [5.41, 5.74) is 6.31. The summed E-state index contributed by atoms with van der Waals surface area (Å²) in [7, 11) is 0. The Morgan fingerprint density at radius 2 is 1.95 bits per heavy atom. The van der Waals surface area contributed by atoms with Crippen LogP contribution in [0, 0.1) is 11.7 Å². The van der Waals surface area contributed by atoms with Crippen LogP contribution in [0.3, 0.4) is 0 Å². The Morgan fingerprint density at radius 3 is 2.50 bits per heavy atom. The van der Waals surface area contributed by atoms with Gasteiger partial charge in [0, 0.05) is 12.6 Å². The van der Waals surface area contributed by atoms with Gasteiger partial charge >= 0.3 is 0 Å². The summed E-state index contributed by atoms with van der Waals surface area (Å²) in [6.45, 7) is 3.51. The van der Waals surface area contributed by atoms with E-state index in [-0.39, 0.29) is 17.8 Å². The highest BCUT2D eigenvalue weighted by atomic mass is 19.1. The molecule has 1 heterocycles. The first-order valence-corrected chi connectivity index (χ1v) is 8.34. The average molecular weight is 304 g/mol. The monoisotopic (exact) mass is 304 g/mol. The van der Waals surface area contributed by atoms with E-state index in [1.807, 2.05) is 4.90 Å². The molecule has 22 heavy (non-hydrogen) atoms. The van der Waals surface area contributed by atoms with E-state index in [2.05, 4.69) is 6.92 Å². The van der Waals surface area contributed by atoms with Gasteiger partial charge < -0.3 is 10.6 Å². The quantitative estimate of drug-likeness (QED) is 0.933. The second-order valence-corrected chi connectivity index (χ2v) is 6.94. The Bertz CT molecular complexity index is 537. The van der Waals surface area contributed by atoms with E-state index < -0.39 is 5.41 Å². The third-order valence-electron chi connectivity index (χ3n) is 5.52. The van der Waals surface area contributed by atoms with Crippen molar-refractivity contribution in [3.05, 3.63) is 35.6 Å². The molecule has 2 fully saturated rings. The predicted octanol–water partition coefficient (Wildman–Crippen LogP) is 2.83. The van der Waals surface area contributed by atoms with Crippen LogP contribution >= 0.6 is 0 Å². The summed E-state index contributed by atoms with van der Waals surface area (Å²) in [5, 5.41) is 0. The molecule has 1 aliphatic heterocycles. The van der Waals surface area contributed by atoms with Crippen molar-refractivity contribution in [3.8, 4) is 0 Å². The van der Waals surface area contributed by atoms with Crippen molar-refractivity contribution in [1.82, 2.24) is 4.90 Å². The van der Waals surface area contributed by atoms with Gasteiger partial charge in [-0.05, 0) is 56.3 Å². The molecule has 2 atom stereocenters. The molecule has 4 heteroatoms. The van der Waals surface area contributed by atoms with Gasteiger partial charge in [0.1, 0.15) is 5.82 Å². The van der Waals surface area contributed by atoms with Crippen molar-refractivity contribution >= 4 is 5.91 Å². The second-order valence-electron chi connectivity index (χ2n) is 6.94. The van der Waals surface area contributed by atoms with E-state index >= 15 is 0 Å². The molecule has 0 bridgehead atoms. The van der Waals surface area contributed by atoms with Gasteiger partial charge in [-0.15, -0.1) is 0 Å². The molecule has 0 spiro atoms. The van der Waals surface area contributed by atoms with Crippen molar-refractivity contribution in [2.75, 3.05) is 13.1 Å². The third kappa shape index (κ3) is 2.54. The second kappa shape index (κ2) is 5.99. The van der Waals surface area contributed by atoms with Gasteiger partial charge in [-0.25, -0.2) is 4.39 Å². The SMILES string of the molecule is CC1CC(CN)CN1C(=O)C1(c2ccc(F)cc2)CCCC1. The maximum Gasteiger partial charge on any atom is 0.233 e. The molecule has 0 radical (unpaired) electrons. The minimum Gasteiger partial charge on any atom is -0.339 e. The molecular weight excluding hydrogens is 279 g/mol. The first kappa shape index (κ1) is 15.5. The minimum absolute atomic E-state index is 0.222. The first-order valence-electron chi connectivity index (χ1n) is 8.34. The van der Waals surface area contributed by atoms with Crippen molar-refractivity contribution in [2.45, 2.75) is 50.5 Å². The molecule has 2 N–H and O–H groups in total. The molecule has 1 aromatic rings. The van der Waals surface area contributed by atoms with E-state index in [9.17, 15) is 9.18 Å². The summed E-state index contributed by atoms with van der Waals surface area (Å²) >= 11 is 0. The number of amides is 1. The fourth-order valence-electron chi connectivity index (χ4n) is 4.24.